The van der Waals surface area contributed by atoms with Crippen LogP contribution in [0.15, 0.2) is 35.2 Å². The van der Waals surface area contributed by atoms with Crippen LogP contribution in [0.1, 0.15) is 44.9 Å². The molecule has 0 aliphatic heterocycles. The van der Waals surface area contributed by atoms with Gasteiger partial charge in [-0.05, 0) is 31.4 Å². The number of ketones is 1. The van der Waals surface area contributed by atoms with Crippen LogP contribution in [0.4, 0.5) is 0 Å². The Morgan fingerprint density at radius 2 is 2.09 bits per heavy atom. The summed E-state index contributed by atoms with van der Waals surface area (Å²) in [5, 5.41) is 0. The third-order valence-electron chi connectivity index (χ3n) is 3.96. The lowest BCUT2D eigenvalue weighted by molar-refractivity contribution is -0.140. The summed E-state index contributed by atoms with van der Waals surface area (Å²) >= 11 is 1.65. The van der Waals surface area contributed by atoms with E-state index in [9.17, 15) is 9.59 Å². The first-order valence-electron chi connectivity index (χ1n) is 7.96. The highest BCUT2D eigenvalue weighted by molar-refractivity contribution is 8.01. The molecule has 1 aromatic rings. The van der Waals surface area contributed by atoms with Crippen LogP contribution in [0.2, 0.25) is 0 Å². The minimum Gasteiger partial charge on any atom is -0.469 e. The minimum atomic E-state index is -0.392. The Morgan fingerprint density at radius 1 is 1.30 bits per heavy atom. The number of hydrogen-bond donors (Lipinski definition) is 0. The highest BCUT2D eigenvalue weighted by Crippen LogP contribution is 2.45. The third kappa shape index (κ3) is 5.14. The van der Waals surface area contributed by atoms with E-state index < -0.39 is 4.75 Å². The number of carbonyl (C=O) groups is 2. The van der Waals surface area contributed by atoms with Gasteiger partial charge in [-0.2, -0.15) is 0 Å². The van der Waals surface area contributed by atoms with E-state index >= 15 is 0 Å². The maximum atomic E-state index is 12.4. The molecule has 1 fully saturated rings. The molecule has 0 spiro atoms. The van der Waals surface area contributed by atoms with Gasteiger partial charge in [-0.1, -0.05) is 18.2 Å². The fourth-order valence-electron chi connectivity index (χ4n) is 2.66. The van der Waals surface area contributed by atoms with E-state index in [1.165, 1.54) is 7.11 Å². The van der Waals surface area contributed by atoms with Crippen LogP contribution in [0.25, 0.3) is 0 Å². The van der Waals surface area contributed by atoms with Gasteiger partial charge in [-0.3, -0.25) is 9.59 Å². The van der Waals surface area contributed by atoms with E-state index in [-0.39, 0.29) is 5.97 Å². The van der Waals surface area contributed by atoms with Crippen molar-refractivity contribution in [3.05, 3.63) is 30.3 Å². The maximum absolute atomic E-state index is 12.4. The number of hydrogen-bond acceptors (Lipinski definition) is 4. The molecule has 1 aromatic carbocycles. The molecule has 23 heavy (non-hydrogen) atoms. The topological polar surface area (TPSA) is 43.4 Å². The summed E-state index contributed by atoms with van der Waals surface area (Å²) in [4.78, 5) is 24.6. The second-order valence-corrected chi connectivity index (χ2v) is 7.10. The first-order valence-corrected chi connectivity index (χ1v) is 8.78. The summed E-state index contributed by atoms with van der Waals surface area (Å²) in [6, 6.07) is 10.1. The van der Waals surface area contributed by atoms with Gasteiger partial charge >= 0.3 is 5.97 Å². The summed E-state index contributed by atoms with van der Waals surface area (Å²) in [5.74, 6) is 6.38. The number of thioether (sulfide) groups is 1. The van der Waals surface area contributed by atoms with E-state index in [2.05, 4.69) is 16.6 Å². The third-order valence-corrected chi connectivity index (χ3v) is 5.43. The number of carbonyl (C=O) groups excluding carboxylic acids is 2. The summed E-state index contributed by atoms with van der Waals surface area (Å²) in [5.41, 5.74) is 0. The predicted molar refractivity (Wildman–Crippen MR) is 92.1 cm³/mol. The van der Waals surface area contributed by atoms with Crippen LogP contribution in [0, 0.1) is 11.8 Å². The molecule has 0 heterocycles. The van der Waals surface area contributed by atoms with Crippen molar-refractivity contribution in [3.63, 3.8) is 0 Å². The lowest BCUT2D eigenvalue weighted by Gasteiger charge is -2.24. The average Bonchev–Trinajstić information content (AvgIpc) is 2.92. The fourth-order valence-corrected chi connectivity index (χ4v) is 4.01. The second kappa shape index (κ2) is 8.79. The predicted octanol–water partition coefficient (Wildman–Crippen LogP) is 4.01. The largest absolute Gasteiger partial charge is 0.469 e. The van der Waals surface area contributed by atoms with E-state index in [0.29, 0.717) is 37.9 Å². The van der Waals surface area contributed by atoms with Crippen LogP contribution >= 0.6 is 11.8 Å². The molecular formula is C19H22O3S. The zero-order valence-electron chi connectivity index (χ0n) is 13.5. The van der Waals surface area contributed by atoms with Gasteiger partial charge in [0.1, 0.15) is 5.78 Å². The normalized spacial score (nSPS) is 20.0. The molecule has 2 rings (SSSR count). The van der Waals surface area contributed by atoms with Crippen molar-refractivity contribution in [1.82, 2.24) is 0 Å². The molecule has 0 N–H and O–H groups in total. The van der Waals surface area contributed by atoms with Crippen molar-refractivity contribution < 1.29 is 14.3 Å². The molecule has 0 amide bonds. The van der Waals surface area contributed by atoms with Crippen LogP contribution < -0.4 is 0 Å². The highest BCUT2D eigenvalue weighted by atomic mass is 32.2. The Kier molecular flexibility index (Phi) is 6.73. The Balaban J connectivity index is 1.92. The van der Waals surface area contributed by atoms with Crippen molar-refractivity contribution in [2.45, 2.75) is 54.6 Å². The van der Waals surface area contributed by atoms with Gasteiger partial charge in [0, 0.05) is 30.6 Å². The Hall–Kier alpha value is -1.73. The van der Waals surface area contributed by atoms with Gasteiger partial charge < -0.3 is 4.74 Å². The Morgan fingerprint density at radius 3 is 2.74 bits per heavy atom. The van der Waals surface area contributed by atoms with Gasteiger partial charge in [0.15, 0.2) is 0 Å². The van der Waals surface area contributed by atoms with Crippen LogP contribution in [-0.2, 0) is 14.3 Å². The molecule has 1 aliphatic carbocycles. The number of rotatable bonds is 6. The van der Waals surface area contributed by atoms with Crippen molar-refractivity contribution in [2.75, 3.05) is 7.11 Å². The van der Waals surface area contributed by atoms with Crippen LogP contribution in [-0.4, -0.2) is 23.6 Å². The van der Waals surface area contributed by atoms with E-state index in [0.717, 1.165) is 17.7 Å². The summed E-state index contributed by atoms with van der Waals surface area (Å²) in [6.45, 7) is 0. The SMILES string of the molecule is COC(=O)CCCC#CCC1(Sc2ccccc2)CCCC1=O. The van der Waals surface area contributed by atoms with E-state index in [4.69, 9.17) is 0 Å². The number of unbranched alkanes of at least 4 members (excludes halogenated alkanes) is 1. The Bertz CT molecular complexity index is 600. The van der Waals surface area contributed by atoms with Crippen LogP contribution in [0.3, 0.4) is 0 Å². The lowest BCUT2D eigenvalue weighted by Crippen LogP contribution is -2.29. The van der Waals surface area contributed by atoms with Crippen molar-refractivity contribution >= 4 is 23.5 Å². The quantitative estimate of drug-likeness (QED) is 0.449. The lowest BCUT2D eigenvalue weighted by atomic mass is 10.0. The number of methoxy groups -OCH3 is 1. The second-order valence-electron chi connectivity index (χ2n) is 5.65. The monoisotopic (exact) mass is 330 g/mol. The van der Waals surface area contributed by atoms with Gasteiger partial charge in [-0.25, -0.2) is 0 Å². The van der Waals surface area contributed by atoms with Crippen molar-refractivity contribution in [3.8, 4) is 11.8 Å². The number of benzene rings is 1. The zero-order chi connectivity index (χ0) is 16.5. The van der Waals surface area contributed by atoms with Gasteiger partial charge in [0.25, 0.3) is 0 Å². The molecule has 4 heteroatoms. The van der Waals surface area contributed by atoms with Crippen molar-refractivity contribution in [2.24, 2.45) is 0 Å². The summed E-state index contributed by atoms with van der Waals surface area (Å²) < 4.78 is 4.21. The van der Waals surface area contributed by atoms with Gasteiger partial charge in [0.05, 0.1) is 11.9 Å². The van der Waals surface area contributed by atoms with E-state index in [1.54, 1.807) is 11.8 Å². The first-order chi connectivity index (χ1) is 11.2. The van der Waals surface area contributed by atoms with Crippen molar-refractivity contribution in [1.29, 1.82) is 0 Å². The molecule has 1 saturated carbocycles. The Labute approximate surface area is 142 Å². The van der Waals surface area contributed by atoms with E-state index in [1.807, 2.05) is 30.3 Å². The molecule has 122 valence electrons. The number of esters is 1. The summed E-state index contributed by atoms with van der Waals surface area (Å²) in [6.07, 6.45) is 4.84. The molecule has 0 saturated heterocycles. The van der Waals surface area contributed by atoms with Gasteiger partial charge in [0.2, 0.25) is 0 Å². The highest BCUT2D eigenvalue weighted by Gasteiger charge is 2.42. The molecular weight excluding hydrogens is 308 g/mol. The molecule has 1 atom stereocenters. The maximum Gasteiger partial charge on any atom is 0.305 e. The standard InChI is InChI=1S/C19H22O3S/c1-22-18(21)13-7-2-3-8-14-19(15-9-12-17(19)20)23-16-10-5-4-6-11-16/h4-6,10-11H,2,7,9,12-15H2,1H3. The molecule has 3 nitrogen and oxygen atoms in total. The smallest absolute Gasteiger partial charge is 0.305 e. The fraction of sp³-hybridized carbons (Fsp3) is 0.474. The molecule has 1 aliphatic rings. The molecule has 0 aromatic heterocycles. The summed E-state index contributed by atoms with van der Waals surface area (Å²) in [7, 11) is 1.39. The van der Waals surface area contributed by atoms with Gasteiger partial charge in [-0.15, -0.1) is 23.6 Å². The molecule has 0 bridgehead atoms. The number of ether oxygens (including phenoxy) is 1. The molecule has 0 radical (unpaired) electrons. The number of Topliss-reactive ketones (excluding diaryl/α,β-unsaturated/α-hetero) is 1. The average molecular weight is 330 g/mol. The minimum absolute atomic E-state index is 0.200. The zero-order valence-corrected chi connectivity index (χ0v) is 14.3. The first kappa shape index (κ1) is 17.6. The van der Waals surface area contributed by atoms with Crippen LogP contribution in [0.5, 0.6) is 0 Å². The molecule has 1 unspecified atom stereocenters.